The molecule has 1 N–H and O–H groups in total. The molecule has 0 radical (unpaired) electrons. The minimum Gasteiger partial charge on any atom is -0.496 e. The largest absolute Gasteiger partial charge is 0.496 e. The molecular weight excluding hydrogens is 364 g/mol. The number of halogens is 2. The maximum absolute atomic E-state index is 13.6. The van der Waals surface area contributed by atoms with Gasteiger partial charge in [-0.3, -0.25) is 9.78 Å². The number of aromatic nitrogens is 2. The van der Waals surface area contributed by atoms with Crippen LogP contribution in [0.25, 0.3) is 11.3 Å². The van der Waals surface area contributed by atoms with Crippen LogP contribution in [-0.2, 0) is 17.6 Å². The van der Waals surface area contributed by atoms with Crippen molar-refractivity contribution in [3.63, 3.8) is 0 Å². The van der Waals surface area contributed by atoms with Crippen LogP contribution in [0.3, 0.4) is 0 Å². The fraction of sp³-hybridized carbons (Fsp3) is 0.190. The molecule has 1 amide bonds. The number of methoxy groups -OCH3 is 1. The Balaban J connectivity index is 1.86. The lowest BCUT2D eigenvalue weighted by molar-refractivity contribution is -0.112. The number of rotatable bonds is 6. The summed E-state index contributed by atoms with van der Waals surface area (Å²) in [7, 11) is 1.59. The second-order valence-corrected chi connectivity index (χ2v) is 6.25. The van der Waals surface area contributed by atoms with Crippen molar-refractivity contribution in [2.45, 2.75) is 19.3 Å². The monoisotopic (exact) mass is 383 g/mol. The smallest absolute Gasteiger partial charge is 0.262 e. The molecule has 0 saturated heterocycles. The SMILES string of the molecule is C=C/C(F)=C(\C(=C)F)C(=O)Nc1cnc(-c2cc3c(cc2OC)CCC3)cn1. The Morgan fingerprint density at radius 2 is 1.93 bits per heavy atom. The number of ether oxygens (including phenoxy) is 1. The van der Waals surface area contributed by atoms with Gasteiger partial charge in [-0.15, -0.1) is 0 Å². The molecule has 1 heterocycles. The van der Waals surface area contributed by atoms with Crippen molar-refractivity contribution in [3.05, 3.63) is 72.1 Å². The molecule has 1 aromatic heterocycles. The van der Waals surface area contributed by atoms with Gasteiger partial charge in [0.1, 0.15) is 23.0 Å². The van der Waals surface area contributed by atoms with Crippen molar-refractivity contribution in [2.24, 2.45) is 0 Å². The van der Waals surface area contributed by atoms with Crippen molar-refractivity contribution in [1.29, 1.82) is 0 Å². The number of benzene rings is 1. The first-order chi connectivity index (χ1) is 13.4. The second kappa shape index (κ2) is 8.12. The third-order valence-corrected chi connectivity index (χ3v) is 4.50. The zero-order valence-electron chi connectivity index (χ0n) is 15.4. The van der Waals surface area contributed by atoms with E-state index in [1.165, 1.54) is 23.5 Å². The van der Waals surface area contributed by atoms with Crippen molar-refractivity contribution >= 4 is 11.7 Å². The van der Waals surface area contributed by atoms with Crippen LogP contribution in [-0.4, -0.2) is 23.0 Å². The van der Waals surface area contributed by atoms with Gasteiger partial charge in [-0.25, -0.2) is 13.8 Å². The average Bonchev–Trinajstić information content (AvgIpc) is 3.14. The van der Waals surface area contributed by atoms with Crippen LogP contribution >= 0.6 is 0 Å². The molecule has 5 nitrogen and oxygen atoms in total. The summed E-state index contributed by atoms with van der Waals surface area (Å²) in [4.78, 5) is 20.5. The predicted molar refractivity (Wildman–Crippen MR) is 103 cm³/mol. The number of amides is 1. The molecule has 2 aromatic rings. The summed E-state index contributed by atoms with van der Waals surface area (Å²) < 4.78 is 32.5. The highest BCUT2D eigenvalue weighted by Crippen LogP contribution is 2.35. The number of hydrogen-bond acceptors (Lipinski definition) is 4. The summed E-state index contributed by atoms with van der Waals surface area (Å²) in [6.07, 6.45) is 6.64. The molecule has 3 rings (SSSR count). The third kappa shape index (κ3) is 3.83. The van der Waals surface area contributed by atoms with Crippen molar-refractivity contribution in [2.75, 3.05) is 12.4 Å². The van der Waals surface area contributed by atoms with Gasteiger partial charge in [-0.05, 0) is 48.6 Å². The predicted octanol–water partition coefficient (Wildman–Crippen LogP) is 4.47. The normalized spacial score (nSPS) is 13.4. The number of anilines is 1. The Morgan fingerprint density at radius 1 is 1.21 bits per heavy atom. The highest BCUT2D eigenvalue weighted by atomic mass is 19.1. The quantitative estimate of drug-likeness (QED) is 0.590. The molecule has 7 heteroatoms. The molecule has 0 saturated carbocycles. The van der Waals surface area contributed by atoms with Crippen molar-refractivity contribution < 1.29 is 18.3 Å². The first kappa shape index (κ1) is 19.4. The van der Waals surface area contributed by atoms with Gasteiger partial charge in [0, 0.05) is 5.56 Å². The number of nitrogens with one attached hydrogen (secondary N) is 1. The van der Waals surface area contributed by atoms with Gasteiger partial charge in [0.2, 0.25) is 0 Å². The summed E-state index contributed by atoms with van der Waals surface area (Å²) in [6, 6.07) is 4.05. The maximum atomic E-state index is 13.6. The second-order valence-electron chi connectivity index (χ2n) is 6.25. The molecule has 1 aromatic carbocycles. The standard InChI is InChI=1S/C21H19F2N3O2/c1-4-16(23)20(12(2)22)21(27)26-19-11-24-17(10-25-19)15-8-13-6-5-7-14(13)9-18(15)28-3/h4,8-11H,1-2,5-7H2,3H3,(H,25,26,27)/b20-16-. The van der Waals surface area contributed by atoms with E-state index in [-0.39, 0.29) is 5.82 Å². The summed E-state index contributed by atoms with van der Waals surface area (Å²) in [5.74, 6) is -2.61. The molecule has 0 atom stereocenters. The highest BCUT2D eigenvalue weighted by molar-refractivity contribution is 6.06. The van der Waals surface area contributed by atoms with Gasteiger partial charge in [0.25, 0.3) is 5.91 Å². The van der Waals surface area contributed by atoms with E-state index in [0.717, 1.165) is 30.9 Å². The van der Waals surface area contributed by atoms with Crippen LogP contribution in [0.2, 0.25) is 0 Å². The molecular formula is C21H19F2N3O2. The van der Waals surface area contributed by atoms with E-state index in [1.54, 1.807) is 7.11 Å². The van der Waals surface area contributed by atoms with E-state index >= 15 is 0 Å². The summed E-state index contributed by atoms with van der Waals surface area (Å²) >= 11 is 0. The van der Waals surface area contributed by atoms with E-state index in [4.69, 9.17) is 4.74 Å². The number of allylic oxidation sites excluding steroid dienone is 2. The van der Waals surface area contributed by atoms with E-state index in [0.29, 0.717) is 11.4 Å². The Kier molecular flexibility index (Phi) is 5.63. The highest BCUT2D eigenvalue weighted by Gasteiger charge is 2.20. The Labute approximate surface area is 161 Å². The van der Waals surface area contributed by atoms with Gasteiger partial charge in [-0.2, -0.15) is 0 Å². The molecule has 144 valence electrons. The molecule has 0 unspecified atom stereocenters. The van der Waals surface area contributed by atoms with E-state index < -0.39 is 23.1 Å². The van der Waals surface area contributed by atoms with E-state index in [1.807, 2.05) is 12.1 Å². The minimum absolute atomic E-state index is 0.0458. The van der Waals surface area contributed by atoms with Gasteiger partial charge in [-0.1, -0.05) is 13.2 Å². The molecule has 28 heavy (non-hydrogen) atoms. The summed E-state index contributed by atoms with van der Waals surface area (Å²) in [6.45, 7) is 6.14. The van der Waals surface area contributed by atoms with Crippen LogP contribution < -0.4 is 10.1 Å². The maximum Gasteiger partial charge on any atom is 0.262 e. The van der Waals surface area contributed by atoms with Crippen LogP contribution in [0.15, 0.2) is 61.0 Å². The average molecular weight is 383 g/mol. The van der Waals surface area contributed by atoms with Crippen LogP contribution in [0.5, 0.6) is 5.75 Å². The number of aryl methyl sites for hydroxylation is 2. The molecule has 0 fully saturated rings. The number of nitrogens with zero attached hydrogens (tertiary/aromatic N) is 2. The molecule has 0 aliphatic heterocycles. The van der Waals surface area contributed by atoms with Gasteiger partial charge < -0.3 is 10.1 Å². The number of carbonyl (C=O) groups is 1. The fourth-order valence-corrected chi connectivity index (χ4v) is 3.14. The first-order valence-electron chi connectivity index (χ1n) is 8.65. The van der Waals surface area contributed by atoms with Crippen LogP contribution in [0.4, 0.5) is 14.6 Å². The number of fused-ring (bicyclic) bond motifs is 1. The van der Waals surface area contributed by atoms with Gasteiger partial charge in [0.05, 0.1) is 25.2 Å². The van der Waals surface area contributed by atoms with Crippen LogP contribution in [0, 0.1) is 0 Å². The molecule has 1 aliphatic carbocycles. The van der Waals surface area contributed by atoms with Crippen molar-refractivity contribution in [1.82, 2.24) is 9.97 Å². The number of carbonyl (C=O) groups excluding carboxylic acids is 1. The molecule has 0 bridgehead atoms. The zero-order chi connectivity index (χ0) is 20.3. The third-order valence-electron chi connectivity index (χ3n) is 4.50. The lowest BCUT2D eigenvalue weighted by Crippen LogP contribution is -2.16. The lowest BCUT2D eigenvalue weighted by Gasteiger charge is -2.12. The topological polar surface area (TPSA) is 64.1 Å². The van der Waals surface area contributed by atoms with Crippen molar-refractivity contribution in [3.8, 4) is 17.0 Å². The van der Waals surface area contributed by atoms with Gasteiger partial charge in [0.15, 0.2) is 5.82 Å². The van der Waals surface area contributed by atoms with Gasteiger partial charge >= 0.3 is 0 Å². The fourth-order valence-electron chi connectivity index (χ4n) is 3.14. The summed E-state index contributed by atoms with van der Waals surface area (Å²) in [5, 5.41) is 2.30. The summed E-state index contributed by atoms with van der Waals surface area (Å²) in [5.41, 5.74) is 3.05. The first-order valence-corrected chi connectivity index (χ1v) is 8.65. The number of hydrogen-bond donors (Lipinski definition) is 1. The Hall–Kier alpha value is -3.35. The van der Waals surface area contributed by atoms with E-state index in [9.17, 15) is 13.6 Å². The van der Waals surface area contributed by atoms with Crippen LogP contribution in [0.1, 0.15) is 17.5 Å². The Morgan fingerprint density at radius 3 is 2.50 bits per heavy atom. The molecule has 0 spiro atoms. The lowest BCUT2D eigenvalue weighted by atomic mass is 10.0. The van der Waals surface area contributed by atoms with E-state index in [2.05, 4.69) is 28.4 Å². The zero-order valence-corrected chi connectivity index (χ0v) is 15.4. The Bertz CT molecular complexity index is 982. The molecule has 1 aliphatic rings. The minimum atomic E-state index is -1.21.